The third-order valence-corrected chi connectivity index (χ3v) is 3.08. The summed E-state index contributed by atoms with van der Waals surface area (Å²) in [5, 5.41) is 6.80. The number of ether oxygens (including phenoxy) is 1. The van der Waals surface area contributed by atoms with E-state index in [0.717, 1.165) is 50.2 Å². The Morgan fingerprint density at radius 1 is 1.47 bits per heavy atom. The Morgan fingerprint density at radius 3 is 3.00 bits per heavy atom. The quantitative estimate of drug-likeness (QED) is 0.815. The van der Waals surface area contributed by atoms with Gasteiger partial charge in [-0.15, -0.1) is 0 Å². The van der Waals surface area contributed by atoms with Crippen LogP contribution in [-0.4, -0.2) is 56.4 Å². The third kappa shape index (κ3) is 4.33. The molecule has 0 radical (unpaired) electrons. The highest BCUT2D eigenvalue weighted by Crippen LogP contribution is 2.13. The molecule has 1 aromatic rings. The molecule has 1 fully saturated rings. The van der Waals surface area contributed by atoms with Crippen LogP contribution in [0.5, 0.6) is 0 Å². The molecule has 2 rings (SSSR count). The maximum absolute atomic E-state index is 5.43. The summed E-state index contributed by atoms with van der Waals surface area (Å²) in [5.74, 6) is 2.59. The molecule has 1 saturated heterocycles. The maximum Gasteiger partial charge on any atom is 0.133 e. The fourth-order valence-electron chi connectivity index (χ4n) is 2.05. The van der Waals surface area contributed by atoms with Crippen molar-refractivity contribution < 1.29 is 4.74 Å². The zero-order chi connectivity index (χ0) is 13.7. The van der Waals surface area contributed by atoms with E-state index >= 15 is 0 Å². The van der Waals surface area contributed by atoms with Crippen molar-refractivity contribution in [3.63, 3.8) is 0 Å². The lowest BCUT2D eigenvalue weighted by Crippen LogP contribution is -2.42. The predicted octanol–water partition coefficient (Wildman–Crippen LogP) is 0.641. The molecule has 2 heterocycles. The second-order valence-corrected chi connectivity index (χ2v) is 4.99. The number of hydrogen-bond acceptors (Lipinski definition) is 6. The number of aromatic nitrogens is 2. The zero-order valence-corrected chi connectivity index (χ0v) is 11.9. The van der Waals surface area contributed by atoms with E-state index in [1.54, 1.807) is 0 Å². The molecule has 1 aliphatic rings. The van der Waals surface area contributed by atoms with Crippen LogP contribution in [0.3, 0.4) is 0 Å². The minimum Gasteiger partial charge on any atom is -0.379 e. The van der Waals surface area contributed by atoms with Crippen LogP contribution < -0.4 is 15.5 Å². The molecule has 6 nitrogen and oxygen atoms in total. The topological polar surface area (TPSA) is 62.3 Å². The Balaban J connectivity index is 1.84. The molecule has 0 spiro atoms. The third-order valence-electron chi connectivity index (χ3n) is 3.08. The number of anilines is 2. The second kappa shape index (κ2) is 6.68. The van der Waals surface area contributed by atoms with Crippen LogP contribution in [0, 0.1) is 6.92 Å². The van der Waals surface area contributed by atoms with Crippen molar-refractivity contribution in [2.45, 2.75) is 19.4 Å². The molecule has 1 atom stereocenters. The summed E-state index contributed by atoms with van der Waals surface area (Å²) in [4.78, 5) is 10.8. The number of nitrogens with one attached hydrogen (secondary N) is 2. The fraction of sp³-hybridized carbons (Fsp3) is 0.692. The number of hydrogen-bond donors (Lipinski definition) is 2. The Morgan fingerprint density at radius 2 is 2.32 bits per heavy atom. The van der Waals surface area contributed by atoms with Gasteiger partial charge in [0, 0.05) is 39.3 Å². The first-order chi connectivity index (χ1) is 9.15. The van der Waals surface area contributed by atoms with Gasteiger partial charge in [0.25, 0.3) is 0 Å². The van der Waals surface area contributed by atoms with Gasteiger partial charge in [-0.3, -0.25) is 0 Å². The van der Waals surface area contributed by atoms with E-state index in [0.29, 0.717) is 6.04 Å². The molecule has 1 unspecified atom stereocenters. The Hall–Kier alpha value is -1.40. The SMILES string of the molecule is Cc1nc(NCCC2COCCN2)cc(N(C)C)n1. The van der Waals surface area contributed by atoms with Crippen LogP contribution >= 0.6 is 0 Å². The molecule has 0 bridgehead atoms. The first-order valence-electron chi connectivity index (χ1n) is 6.73. The van der Waals surface area contributed by atoms with Gasteiger partial charge < -0.3 is 20.3 Å². The Bertz CT molecular complexity index is 404. The van der Waals surface area contributed by atoms with Crippen molar-refractivity contribution in [3.8, 4) is 0 Å². The average Bonchev–Trinajstić information content (AvgIpc) is 2.39. The summed E-state index contributed by atoms with van der Waals surface area (Å²) in [5.41, 5.74) is 0. The molecule has 19 heavy (non-hydrogen) atoms. The summed E-state index contributed by atoms with van der Waals surface area (Å²) < 4.78 is 5.43. The van der Waals surface area contributed by atoms with Crippen molar-refractivity contribution in [1.29, 1.82) is 0 Å². The number of nitrogens with zero attached hydrogens (tertiary/aromatic N) is 3. The molecule has 0 amide bonds. The Labute approximate surface area is 114 Å². The summed E-state index contributed by atoms with van der Waals surface area (Å²) in [7, 11) is 3.96. The Kier molecular flexibility index (Phi) is 4.93. The van der Waals surface area contributed by atoms with E-state index in [9.17, 15) is 0 Å². The fourth-order valence-corrected chi connectivity index (χ4v) is 2.05. The van der Waals surface area contributed by atoms with Crippen LogP contribution in [-0.2, 0) is 4.74 Å². The zero-order valence-electron chi connectivity index (χ0n) is 11.9. The second-order valence-electron chi connectivity index (χ2n) is 4.99. The molecule has 0 aliphatic carbocycles. The molecule has 1 aromatic heterocycles. The van der Waals surface area contributed by atoms with Gasteiger partial charge in [0.1, 0.15) is 17.5 Å². The van der Waals surface area contributed by atoms with Crippen LogP contribution in [0.2, 0.25) is 0 Å². The van der Waals surface area contributed by atoms with E-state index in [-0.39, 0.29) is 0 Å². The molecule has 0 aromatic carbocycles. The monoisotopic (exact) mass is 265 g/mol. The smallest absolute Gasteiger partial charge is 0.133 e. The van der Waals surface area contributed by atoms with Crippen LogP contribution in [0.4, 0.5) is 11.6 Å². The summed E-state index contributed by atoms with van der Waals surface area (Å²) in [6, 6.07) is 2.41. The highest BCUT2D eigenvalue weighted by molar-refractivity contribution is 5.48. The molecular formula is C13H23N5O. The molecule has 6 heteroatoms. The lowest BCUT2D eigenvalue weighted by Gasteiger charge is -2.23. The molecular weight excluding hydrogens is 242 g/mol. The van der Waals surface area contributed by atoms with Gasteiger partial charge in [0.2, 0.25) is 0 Å². The predicted molar refractivity (Wildman–Crippen MR) is 76.8 cm³/mol. The minimum absolute atomic E-state index is 0.442. The van der Waals surface area contributed by atoms with E-state index < -0.39 is 0 Å². The van der Waals surface area contributed by atoms with Crippen LogP contribution in [0.15, 0.2) is 6.07 Å². The summed E-state index contributed by atoms with van der Waals surface area (Å²) >= 11 is 0. The first-order valence-corrected chi connectivity index (χ1v) is 6.73. The first kappa shape index (κ1) is 14.0. The summed E-state index contributed by atoms with van der Waals surface area (Å²) in [6.07, 6.45) is 1.03. The molecule has 1 aliphatic heterocycles. The average molecular weight is 265 g/mol. The minimum atomic E-state index is 0.442. The van der Waals surface area contributed by atoms with Gasteiger partial charge in [-0.05, 0) is 13.3 Å². The van der Waals surface area contributed by atoms with E-state index in [1.807, 2.05) is 32.0 Å². The molecule has 0 saturated carbocycles. The van der Waals surface area contributed by atoms with Gasteiger partial charge in [-0.2, -0.15) is 0 Å². The number of morpholine rings is 1. The molecule has 2 N–H and O–H groups in total. The van der Waals surface area contributed by atoms with Crippen molar-refractivity contribution in [3.05, 3.63) is 11.9 Å². The van der Waals surface area contributed by atoms with Gasteiger partial charge in [0.15, 0.2) is 0 Å². The van der Waals surface area contributed by atoms with Crippen molar-refractivity contribution in [2.24, 2.45) is 0 Å². The highest BCUT2D eigenvalue weighted by Gasteiger charge is 2.12. The van der Waals surface area contributed by atoms with Gasteiger partial charge >= 0.3 is 0 Å². The van der Waals surface area contributed by atoms with Crippen molar-refractivity contribution in [1.82, 2.24) is 15.3 Å². The van der Waals surface area contributed by atoms with Crippen molar-refractivity contribution >= 4 is 11.6 Å². The highest BCUT2D eigenvalue weighted by atomic mass is 16.5. The lowest BCUT2D eigenvalue weighted by atomic mass is 10.2. The molecule has 106 valence electrons. The van der Waals surface area contributed by atoms with Gasteiger partial charge in [0.05, 0.1) is 13.2 Å². The number of aryl methyl sites for hydroxylation is 1. The van der Waals surface area contributed by atoms with E-state index in [2.05, 4.69) is 20.6 Å². The van der Waals surface area contributed by atoms with E-state index in [4.69, 9.17) is 4.74 Å². The normalized spacial score (nSPS) is 19.2. The van der Waals surface area contributed by atoms with Gasteiger partial charge in [-0.25, -0.2) is 9.97 Å². The van der Waals surface area contributed by atoms with E-state index in [1.165, 1.54) is 0 Å². The maximum atomic E-state index is 5.43. The van der Waals surface area contributed by atoms with Crippen molar-refractivity contribution in [2.75, 3.05) is 50.6 Å². The van der Waals surface area contributed by atoms with Crippen LogP contribution in [0.25, 0.3) is 0 Å². The van der Waals surface area contributed by atoms with Gasteiger partial charge in [-0.1, -0.05) is 0 Å². The standard InChI is InChI=1S/C13H23N5O/c1-10-16-12(8-13(17-10)18(2)3)15-5-4-11-9-19-7-6-14-11/h8,11,14H,4-7,9H2,1-3H3,(H,15,16,17). The van der Waals surface area contributed by atoms with Crippen LogP contribution in [0.1, 0.15) is 12.2 Å². The largest absolute Gasteiger partial charge is 0.379 e. The number of rotatable bonds is 5. The summed E-state index contributed by atoms with van der Waals surface area (Å²) in [6.45, 7) is 5.36. The lowest BCUT2D eigenvalue weighted by molar-refractivity contribution is 0.0753.